The van der Waals surface area contributed by atoms with Crippen molar-refractivity contribution in [3.05, 3.63) is 24.3 Å². The standard InChI is InChI=1S/C22H42O3Si/c1-6-7-15-18-21(25-26(3,4)5)19-16-13-11-9-8-10-12-14-17-20-22(23)24-2/h11,13,16,19,21H,6-10,12,14-15,17-18,20H2,1-5H3/b13-11+,19-16+. The first-order valence-electron chi connectivity index (χ1n) is 10.5. The molecule has 0 fully saturated rings. The zero-order chi connectivity index (χ0) is 19.7. The summed E-state index contributed by atoms with van der Waals surface area (Å²) in [6.45, 7) is 9.02. The molecule has 3 nitrogen and oxygen atoms in total. The molecule has 0 radical (unpaired) electrons. The lowest BCUT2D eigenvalue weighted by Crippen LogP contribution is -2.31. The van der Waals surface area contributed by atoms with Crippen molar-refractivity contribution >= 4 is 14.3 Å². The molecule has 0 aromatic carbocycles. The molecule has 1 unspecified atom stereocenters. The third-order valence-electron chi connectivity index (χ3n) is 4.15. The second-order valence-corrected chi connectivity index (χ2v) is 12.4. The molecule has 0 aliphatic carbocycles. The molecule has 0 amide bonds. The highest BCUT2D eigenvalue weighted by molar-refractivity contribution is 6.69. The van der Waals surface area contributed by atoms with Crippen molar-refractivity contribution in [1.29, 1.82) is 0 Å². The Balaban J connectivity index is 3.87. The van der Waals surface area contributed by atoms with Crippen molar-refractivity contribution < 1.29 is 14.0 Å². The van der Waals surface area contributed by atoms with Crippen LogP contribution in [0.25, 0.3) is 0 Å². The Morgan fingerprint density at radius 3 is 2.31 bits per heavy atom. The van der Waals surface area contributed by atoms with Gasteiger partial charge < -0.3 is 9.16 Å². The zero-order valence-electron chi connectivity index (χ0n) is 17.9. The van der Waals surface area contributed by atoms with Gasteiger partial charge in [0.05, 0.1) is 13.2 Å². The summed E-state index contributed by atoms with van der Waals surface area (Å²) in [5.74, 6) is -0.0918. The number of hydrogen-bond donors (Lipinski definition) is 0. The van der Waals surface area contributed by atoms with Gasteiger partial charge in [-0.3, -0.25) is 4.79 Å². The van der Waals surface area contributed by atoms with Crippen molar-refractivity contribution in [3.8, 4) is 0 Å². The maximum atomic E-state index is 11.0. The Labute approximate surface area is 163 Å². The van der Waals surface area contributed by atoms with Crippen molar-refractivity contribution in [3.63, 3.8) is 0 Å². The van der Waals surface area contributed by atoms with Gasteiger partial charge in [-0.15, -0.1) is 0 Å². The van der Waals surface area contributed by atoms with E-state index in [1.165, 1.54) is 45.6 Å². The quantitative estimate of drug-likeness (QED) is 0.127. The molecular formula is C22H42O3Si. The van der Waals surface area contributed by atoms with Gasteiger partial charge in [0, 0.05) is 6.42 Å². The summed E-state index contributed by atoms with van der Waals surface area (Å²) in [6.07, 6.45) is 21.4. The Hall–Kier alpha value is -0.873. The molecule has 4 heteroatoms. The van der Waals surface area contributed by atoms with E-state index < -0.39 is 8.32 Å². The summed E-state index contributed by atoms with van der Waals surface area (Å²) in [5, 5.41) is 0. The van der Waals surface area contributed by atoms with Crippen LogP contribution in [0.3, 0.4) is 0 Å². The topological polar surface area (TPSA) is 35.5 Å². The van der Waals surface area contributed by atoms with Crippen LogP contribution in [0.2, 0.25) is 19.6 Å². The Morgan fingerprint density at radius 2 is 1.65 bits per heavy atom. The molecule has 152 valence electrons. The van der Waals surface area contributed by atoms with Gasteiger partial charge in [0.15, 0.2) is 8.32 Å². The lowest BCUT2D eigenvalue weighted by Gasteiger charge is -2.24. The predicted octanol–water partition coefficient (Wildman–Crippen LogP) is 6.80. The van der Waals surface area contributed by atoms with Gasteiger partial charge in [0.25, 0.3) is 0 Å². The second kappa shape index (κ2) is 16.3. The van der Waals surface area contributed by atoms with Crippen LogP contribution < -0.4 is 0 Å². The monoisotopic (exact) mass is 382 g/mol. The summed E-state index contributed by atoms with van der Waals surface area (Å²) < 4.78 is 10.9. The minimum absolute atomic E-state index is 0.0918. The third-order valence-corrected chi connectivity index (χ3v) is 5.16. The number of esters is 1. The van der Waals surface area contributed by atoms with Gasteiger partial charge in [-0.25, -0.2) is 0 Å². The van der Waals surface area contributed by atoms with Crippen molar-refractivity contribution in [2.24, 2.45) is 0 Å². The highest BCUT2D eigenvalue weighted by Gasteiger charge is 2.18. The Bertz CT molecular complexity index is 397. The van der Waals surface area contributed by atoms with E-state index in [1.807, 2.05) is 0 Å². The van der Waals surface area contributed by atoms with E-state index in [4.69, 9.17) is 4.43 Å². The van der Waals surface area contributed by atoms with Crippen LogP contribution in [-0.2, 0) is 14.0 Å². The van der Waals surface area contributed by atoms with Crippen molar-refractivity contribution in [1.82, 2.24) is 0 Å². The maximum absolute atomic E-state index is 11.0. The summed E-state index contributed by atoms with van der Waals surface area (Å²) in [6, 6.07) is 0. The van der Waals surface area contributed by atoms with E-state index in [0.717, 1.165) is 25.7 Å². The highest BCUT2D eigenvalue weighted by atomic mass is 28.4. The molecule has 0 spiro atoms. The molecule has 0 aromatic rings. The SMILES string of the molecule is CCCCCC(/C=C/C=C/CCCCCCCC(=O)OC)O[Si](C)(C)C. The fourth-order valence-electron chi connectivity index (χ4n) is 2.77. The summed E-state index contributed by atoms with van der Waals surface area (Å²) in [5.41, 5.74) is 0. The Kier molecular flexibility index (Phi) is 15.8. The van der Waals surface area contributed by atoms with Crippen LogP contribution in [0, 0.1) is 0 Å². The number of hydrogen-bond acceptors (Lipinski definition) is 3. The van der Waals surface area contributed by atoms with Crippen molar-refractivity contribution in [2.45, 2.75) is 103 Å². The molecular weight excluding hydrogens is 340 g/mol. The van der Waals surface area contributed by atoms with E-state index >= 15 is 0 Å². The van der Waals surface area contributed by atoms with Crippen LogP contribution in [0.15, 0.2) is 24.3 Å². The first kappa shape index (κ1) is 25.1. The van der Waals surface area contributed by atoms with E-state index in [9.17, 15) is 4.79 Å². The largest absolute Gasteiger partial charge is 0.469 e. The molecule has 0 saturated heterocycles. The fraction of sp³-hybridized carbons (Fsp3) is 0.773. The zero-order valence-corrected chi connectivity index (χ0v) is 18.9. The molecule has 0 N–H and O–H groups in total. The van der Waals surface area contributed by atoms with Gasteiger partial charge in [0.1, 0.15) is 0 Å². The molecule has 0 bridgehead atoms. The van der Waals surface area contributed by atoms with Gasteiger partial charge in [-0.2, -0.15) is 0 Å². The molecule has 0 aliphatic rings. The van der Waals surface area contributed by atoms with Crippen LogP contribution in [0.1, 0.15) is 77.6 Å². The average molecular weight is 383 g/mol. The summed E-state index contributed by atoms with van der Waals surface area (Å²) in [7, 11) is -0.0397. The molecule has 26 heavy (non-hydrogen) atoms. The molecule has 0 saturated carbocycles. The smallest absolute Gasteiger partial charge is 0.305 e. The maximum Gasteiger partial charge on any atom is 0.305 e. The van der Waals surface area contributed by atoms with Crippen molar-refractivity contribution in [2.75, 3.05) is 7.11 Å². The number of unbranched alkanes of at least 4 members (excludes halogenated alkanes) is 7. The number of methoxy groups -OCH3 is 1. The highest BCUT2D eigenvalue weighted by Crippen LogP contribution is 2.15. The molecule has 1 atom stereocenters. The van der Waals surface area contributed by atoms with Crippen LogP contribution in [-0.4, -0.2) is 27.5 Å². The molecule has 0 rings (SSSR count). The summed E-state index contributed by atoms with van der Waals surface area (Å²) >= 11 is 0. The van der Waals surface area contributed by atoms with Crippen LogP contribution in [0.5, 0.6) is 0 Å². The van der Waals surface area contributed by atoms with E-state index in [-0.39, 0.29) is 12.1 Å². The lowest BCUT2D eigenvalue weighted by atomic mass is 10.1. The summed E-state index contributed by atoms with van der Waals surface area (Å²) in [4.78, 5) is 11.0. The average Bonchev–Trinajstić information content (AvgIpc) is 2.58. The minimum atomic E-state index is -1.49. The van der Waals surface area contributed by atoms with Gasteiger partial charge in [0.2, 0.25) is 0 Å². The van der Waals surface area contributed by atoms with Crippen LogP contribution in [0.4, 0.5) is 0 Å². The van der Waals surface area contributed by atoms with E-state index in [2.05, 4.69) is 55.6 Å². The second-order valence-electron chi connectivity index (χ2n) is 7.96. The van der Waals surface area contributed by atoms with Gasteiger partial charge in [-0.1, -0.05) is 69.8 Å². The molecule has 0 aromatic heterocycles. The number of carbonyl (C=O) groups is 1. The first-order chi connectivity index (χ1) is 12.4. The number of rotatable bonds is 16. The van der Waals surface area contributed by atoms with Crippen LogP contribution >= 0.6 is 0 Å². The number of allylic oxidation sites excluding steroid dienone is 3. The molecule has 0 heterocycles. The normalized spacial score (nSPS) is 13.6. The molecule has 0 aliphatic heterocycles. The van der Waals surface area contributed by atoms with E-state index in [0.29, 0.717) is 6.42 Å². The van der Waals surface area contributed by atoms with E-state index in [1.54, 1.807) is 0 Å². The minimum Gasteiger partial charge on any atom is -0.469 e. The number of ether oxygens (including phenoxy) is 1. The predicted molar refractivity (Wildman–Crippen MR) is 115 cm³/mol. The van der Waals surface area contributed by atoms with Gasteiger partial charge in [-0.05, 0) is 45.3 Å². The third kappa shape index (κ3) is 17.9. The number of carbonyl (C=O) groups excluding carboxylic acids is 1. The Morgan fingerprint density at radius 1 is 0.962 bits per heavy atom. The first-order valence-corrected chi connectivity index (χ1v) is 13.9. The van der Waals surface area contributed by atoms with Gasteiger partial charge >= 0.3 is 5.97 Å². The lowest BCUT2D eigenvalue weighted by molar-refractivity contribution is -0.140. The fourth-order valence-corrected chi connectivity index (χ4v) is 3.88.